The Hall–Kier alpha value is -1.44. The van der Waals surface area contributed by atoms with Gasteiger partial charge in [0.2, 0.25) is 0 Å². The number of aliphatic hydroxyl groups excluding tert-OH is 1. The maximum absolute atomic E-state index is 10.8. The van der Waals surface area contributed by atoms with E-state index >= 15 is 0 Å². The molecule has 0 radical (unpaired) electrons. The molecule has 1 aromatic carbocycles. The number of phenols is 1. The van der Waals surface area contributed by atoms with Crippen molar-refractivity contribution in [3.05, 3.63) is 17.7 Å². The van der Waals surface area contributed by atoms with Crippen LogP contribution in [-0.2, 0) is 11.2 Å². The highest BCUT2D eigenvalue weighted by Crippen LogP contribution is 2.47. The van der Waals surface area contributed by atoms with E-state index in [1.807, 2.05) is 13.8 Å². The number of carbonyl (C=O) groups is 1. The first-order valence-electron chi connectivity index (χ1n) is 6.18. The topological polar surface area (TPSA) is 116 Å². The van der Waals surface area contributed by atoms with E-state index in [4.69, 9.17) is 10.8 Å². The predicted molar refractivity (Wildman–Crippen MR) is 77.0 cm³/mol. The van der Waals surface area contributed by atoms with Gasteiger partial charge in [0.25, 0.3) is 0 Å². The number of hydrogen-bond donors (Lipinski definition) is 5. The van der Waals surface area contributed by atoms with Gasteiger partial charge < -0.3 is 26.4 Å². The first kappa shape index (κ1) is 15.0. The molecule has 0 amide bonds. The Morgan fingerprint density at radius 1 is 1.55 bits per heavy atom. The van der Waals surface area contributed by atoms with E-state index in [1.54, 1.807) is 6.07 Å². The lowest BCUT2D eigenvalue weighted by Crippen LogP contribution is -2.42. The summed E-state index contributed by atoms with van der Waals surface area (Å²) >= 11 is 1.43. The first-order valence-corrected chi connectivity index (χ1v) is 7.00. The number of thioether (sulfide) groups is 1. The van der Waals surface area contributed by atoms with Crippen LogP contribution >= 0.6 is 11.8 Å². The quantitative estimate of drug-likeness (QED) is 0.528. The molecule has 1 aliphatic rings. The van der Waals surface area contributed by atoms with Gasteiger partial charge in [-0.05, 0) is 38.0 Å². The van der Waals surface area contributed by atoms with Crippen LogP contribution < -0.4 is 11.1 Å². The third-order valence-corrected chi connectivity index (χ3v) is 4.52. The van der Waals surface area contributed by atoms with Crippen molar-refractivity contribution in [2.45, 2.75) is 42.2 Å². The largest absolute Gasteiger partial charge is 0.506 e. The zero-order valence-corrected chi connectivity index (χ0v) is 12.1. The number of carboxylic acids is 1. The van der Waals surface area contributed by atoms with Crippen LogP contribution in [0.15, 0.2) is 17.0 Å². The van der Waals surface area contributed by atoms with Gasteiger partial charge in [0.05, 0.1) is 10.4 Å². The maximum Gasteiger partial charge on any atom is 0.320 e. The molecule has 0 saturated carbocycles. The Bertz CT molecular complexity index is 547. The van der Waals surface area contributed by atoms with Gasteiger partial charge in [-0.1, -0.05) is 0 Å². The van der Waals surface area contributed by atoms with E-state index < -0.39 is 23.0 Å². The van der Waals surface area contributed by atoms with E-state index in [9.17, 15) is 15.0 Å². The zero-order valence-electron chi connectivity index (χ0n) is 11.3. The third kappa shape index (κ3) is 2.84. The van der Waals surface area contributed by atoms with Crippen molar-refractivity contribution in [1.29, 1.82) is 0 Å². The van der Waals surface area contributed by atoms with Gasteiger partial charge in [-0.15, -0.1) is 11.8 Å². The van der Waals surface area contributed by atoms with Crippen LogP contribution in [0, 0.1) is 0 Å². The predicted octanol–water partition coefficient (Wildman–Crippen LogP) is 0.961. The fourth-order valence-corrected chi connectivity index (χ4v) is 3.20. The Morgan fingerprint density at radius 3 is 2.80 bits per heavy atom. The Balaban J connectivity index is 2.33. The van der Waals surface area contributed by atoms with Crippen LogP contribution in [0.2, 0.25) is 0 Å². The molecule has 1 aromatic rings. The molecule has 20 heavy (non-hydrogen) atoms. The number of hydrogen-bond acceptors (Lipinski definition) is 6. The van der Waals surface area contributed by atoms with Crippen LogP contribution in [0.4, 0.5) is 5.69 Å². The van der Waals surface area contributed by atoms with Crippen molar-refractivity contribution >= 4 is 23.4 Å². The molecule has 2 unspecified atom stereocenters. The number of phenolic OH excluding ortho intramolecular Hbond substituents is 1. The molecular weight excluding hydrogens is 280 g/mol. The number of benzene rings is 1. The van der Waals surface area contributed by atoms with Gasteiger partial charge in [-0.2, -0.15) is 0 Å². The van der Waals surface area contributed by atoms with Crippen molar-refractivity contribution < 1.29 is 20.1 Å². The van der Waals surface area contributed by atoms with Crippen LogP contribution in [0.25, 0.3) is 0 Å². The number of aromatic hydroxyl groups is 1. The summed E-state index contributed by atoms with van der Waals surface area (Å²) in [5.41, 5.74) is 6.62. The minimum atomic E-state index is -1.08. The van der Waals surface area contributed by atoms with Crippen LogP contribution in [0.5, 0.6) is 5.75 Å². The van der Waals surface area contributed by atoms with Crippen molar-refractivity contribution in [3.8, 4) is 5.75 Å². The average molecular weight is 298 g/mol. The summed E-state index contributed by atoms with van der Waals surface area (Å²) in [5, 5.41) is 31.6. The molecule has 2 atom stereocenters. The number of aliphatic hydroxyl groups is 1. The summed E-state index contributed by atoms with van der Waals surface area (Å²) in [6.07, 6.45) is -0.641. The molecule has 0 bridgehead atoms. The summed E-state index contributed by atoms with van der Waals surface area (Å²) in [6.45, 7) is 3.76. The second-order valence-electron chi connectivity index (χ2n) is 5.39. The molecule has 0 fully saturated rings. The minimum Gasteiger partial charge on any atom is -0.506 e. The number of anilines is 1. The number of nitrogens with two attached hydrogens (primary N) is 1. The SMILES string of the molecule is CC1(C)Sc2cc(CC(N)C(=O)O)cc(O)c2NC1O. The summed E-state index contributed by atoms with van der Waals surface area (Å²) in [4.78, 5) is 11.6. The molecular formula is C13H18N2O4S. The lowest BCUT2D eigenvalue weighted by molar-refractivity contribution is -0.138. The Labute approximate surface area is 121 Å². The number of nitrogens with one attached hydrogen (secondary N) is 1. The second-order valence-corrected chi connectivity index (χ2v) is 7.09. The van der Waals surface area contributed by atoms with E-state index in [1.165, 1.54) is 17.8 Å². The number of rotatable bonds is 3. The molecule has 0 aliphatic carbocycles. The van der Waals surface area contributed by atoms with Gasteiger partial charge in [0.15, 0.2) is 0 Å². The number of carboxylic acid groups (broad SMARTS) is 1. The van der Waals surface area contributed by atoms with E-state index in [0.717, 1.165) is 4.90 Å². The van der Waals surface area contributed by atoms with Crippen LogP contribution in [-0.4, -0.2) is 38.3 Å². The number of fused-ring (bicyclic) bond motifs is 1. The van der Waals surface area contributed by atoms with E-state index in [0.29, 0.717) is 11.3 Å². The first-order chi connectivity index (χ1) is 9.20. The number of aliphatic carboxylic acids is 1. The lowest BCUT2D eigenvalue weighted by atomic mass is 10.0. The average Bonchev–Trinajstić information content (AvgIpc) is 2.31. The zero-order chi connectivity index (χ0) is 15.1. The summed E-state index contributed by atoms with van der Waals surface area (Å²) in [5.74, 6) is -1.10. The summed E-state index contributed by atoms with van der Waals surface area (Å²) < 4.78 is -0.451. The highest BCUT2D eigenvalue weighted by molar-refractivity contribution is 8.01. The summed E-state index contributed by atoms with van der Waals surface area (Å²) in [7, 11) is 0. The van der Waals surface area contributed by atoms with Gasteiger partial charge in [-0.3, -0.25) is 4.79 Å². The molecule has 110 valence electrons. The monoisotopic (exact) mass is 298 g/mol. The normalized spacial score (nSPS) is 21.7. The standard InChI is InChI=1S/C13H18N2O4S/c1-13(2)12(19)15-10-8(16)4-6(5-9(10)20-13)3-7(14)11(17)18/h4-5,7,12,15-16,19H,3,14H2,1-2H3,(H,17,18). The molecule has 1 heterocycles. The molecule has 1 aliphatic heterocycles. The third-order valence-electron chi connectivity index (χ3n) is 3.23. The van der Waals surface area contributed by atoms with Gasteiger partial charge >= 0.3 is 5.97 Å². The molecule has 7 heteroatoms. The van der Waals surface area contributed by atoms with E-state index in [-0.39, 0.29) is 12.2 Å². The highest BCUT2D eigenvalue weighted by atomic mass is 32.2. The van der Waals surface area contributed by atoms with Crippen LogP contribution in [0.1, 0.15) is 19.4 Å². The minimum absolute atomic E-state index is 0.0165. The molecule has 6 N–H and O–H groups in total. The second kappa shape index (κ2) is 5.16. The fraction of sp³-hybridized carbons (Fsp3) is 0.462. The van der Waals surface area contributed by atoms with Gasteiger partial charge in [-0.25, -0.2) is 0 Å². The van der Waals surface area contributed by atoms with Crippen molar-refractivity contribution in [2.75, 3.05) is 5.32 Å². The van der Waals surface area contributed by atoms with Crippen LogP contribution in [0.3, 0.4) is 0 Å². The van der Waals surface area contributed by atoms with Gasteiger partial charge in [0.1, 0.15) is 18.0 Å². The van der Waals surface area contributed by atoms with Crippen molar-refractivity contribution in [1.82, 2.24) is 0 Å². The van der Waals surface area contributed by atoms with Crippen molar-refractivity contribution in [3.63, 3.8) is 0 Å². The molecule has 2 rings (SSSR count). The fourth-order valence-electron chi connectivity index (χ4n) is 1.99. The summed E-state index contributed by atoms with van der Waals surface area (Å²) in [6, 6.07) is 2.26. The van der Waals surface area contributed by atoms with E-state index in [2.05, 4.69) is 5.32 Å². The Kier molecular flexibility index (Phi) is 3.86. The molecule has 0 spiro atoms. The molecule has 0 aromatic heterocycles. The van der Waals surface area contributed by atoms with Crippen molar-refractivity contribution in [2.24, 2.45) is 5.73 Å². The maximum atomic E-state index is 10.8. The smallest absolute Gasteiger partial charge is 0.320 e. The Morgan fingerprint density at radius 2 is 2.20 bits per heavy atom. The lowest BCUT2D eigenvalue weighted by Gasteiger charge is -2.37. The highest BCUT2D eigenvalue weighted by Gasteiger charge is 2.36. The van der Waals surface area contributed by atoms with Gasteiger partial charge in [0, 0.05) is 4.90 Å². The molecule has 0 saturated heterocycles. The molecule has 6 nitrogen and oxygen atoms in total.